The minimum atomic E-state index is -2.22. The molecule has 0 aromatic carbocycles. The van der Waals surface area contributed by atoms with Crippen LogP contribution in [0.4, 0.5) is 0 Å². The summed E-state index contributed by atoms with van der Waals surface area (Å²) >= 11 is 0. The lowest BCUT2D eigenvalue weighted by Crippen LogP contribution is -2.41. The van der Waals surface area contributed by atoms with Gasteiger partial charge in [0.25, 0.3) is 0 Å². The molecule has 1 aromatic heterocycles. The number of esters is 1. The van der Waals surface area contributed by atoms with Crippen LogP contribution in [0, 0.1) is 0 Å². The molecule has 7 nitrogen and oxygen atoms in total. The molecule has 0 amide bonds. The molecule has 3 N–H and O–H groups in total. The highest BCUT2D eigenvalue weighted by molar-refractivity contribution is 5.85. The number of carboxylic acid groups (broad SMARTS) is 1. The van der Waals surface area contributed by atoms with Crippen molar-refractivity contribution >= 4 is 11.9 Å². The minimum absolute atomic E-state index is 0.0455. The molecule has 2 atom stereocenters. The summed E-state index contributed by atoms with van der Waals surface area (Å²) in [5, 5.41) is 26.3. The van der Waals surface area contributed by atoms with Gasteiger partial charge in [-0.15, -0.1) is 0 Å². The van der Waals surface area contributed by atoms with Crippen LogP contribution in [0.2, 0.25) is 0 Å². The lowest BCUT2D eigenvalue weighted by Gasteiger charge is -2.12. The molecule has 1 heterocycles. The highest BCUT2D eigenvalue weighted by Gasteiger charge is 2.31. The van der Waals surface area contributed by atoms with Gasteiger partial charge in [-0.3, -0.25) is 4.98 Å². The molecule has 0 aliphatic carbocycles. The maximum absolute atomic E-state index is 11.1. The number of aliphatic carboxylic acids is 1. The van der Waals surface area contributed by atoms with E-state index in [-0.39, 0.29) is 5.75 Å². The Balaban J connectivity index is 2.63. The molecule has 0 fully saturated rings. The molecule has 16 heavy (non-hydrogen) atoms. The number of carbonyl (C=O) groups excluding carboxylic acids is 1. The van der Waals surface area contributed by atoms with E-state index >= 15 is 0 Å². The number of aliphatic hydroxyl groups excluding tert-OH is 2. The second-order valence-corrected chi connectivity index (χ2v) is 2.84. The molecule has 0 saturated heterocycles. The van der Waals surface area contributed by atoms with Crippen LogP contribution >= 0.6 is 0 Å². The Labute approximate surface area is 89.9 Å². The van der Waals surface area contributed by atoms with E-state index in [9.17, 15) is 9.59 Å². The highest BCUT2D eigenvalue weighted by atomic mass is 16.6. The SMILES string of the molecule is O=C(O)[C@@H](O)[C@H](O)C(=O)Oc1cccnc1. The highest BCUT2D eigenvalue weighted by Crippen LogP contribution is 2.08. The Bertz CT molecular complexity index is 379. The summed E-state index contributed by atoms with van der Waals surface area (Å²) in [5.41, 5.74) is 0. The predicted molar refractivity (Wildman–Crippen MR) is 49.5 cm³/mol. The first-order chi connectivity index (χ1) is 7.52. The van der Waals surface area contributed by atoms with E-state index < -0.39 is 24.1 Å². The van der Waals surface area contributed by atoms with Gasteiger partial charge in [0.05, 0.1) is 6.20 Å². The molecular weight excluding hydrogens is 218 g/mol. The molecule has 7 heteroatoms. The Morgan fingerprint density at radius 2 is 2.00 bits per heavy atom. The average molecular weight is 227 g/mol. The minimum Gasteiger partial charge on any atom is -0.479 e. The maximum atomic E-state index is 11.1. The summed E-state index contributed by atoms with van der Waals surface area (Å²) in [4.78, 5) is 25.0. The van der Waals surface area contributed by atoms with Gasteiger partial charge >= 0.3 is 11.9 Å². The molecule has 0 radical (unpaired) electrons. The van der Waals surface area contributed by atoms with Crippen molar-refractivity contribution in [3.63, 3.8) is 0 Å². The number of pyridine rings is 1. The molecule has 0 saturated carbocycles. The Morgan fingerprint density at radius 3 is 2.50 bits per heavy atom. The Kier molecular flexibility index (Phi) is 3.92. The van der Waals surface area contributed by atoms with Crippen LogP contribution in [0.15, 0.2) is 24.5 Å². The summed E-state index contributed by atoms with van der Waals surface area (Å²) in [7, 11) is 0. The Morgan fingerprint density at radius 1 is 1.31 bits per heavy atom. The zero-order valence-corrected chi connectivity index (χ0v) is 7.98. The second-order valence-electron chi connectivity index (χ2n) is 2.84. The van der Waals surface area contributed by atoms with Gasteiger partial charge in [0, 0.05) is 6.20 Å². The number of carboxylic acids is 1. The van der Waals surface area contributed by atoms with Crippen molar-refractivity contribution in [3.05, 3.63) is 24.5 Å². The van der Waals surface area contributed by atoms with Gasteiger partial charge in [-0.05, 0) is 12.1 Å². The van der Waals surface area contributed by atoms with Gasteiger partial charge in [-0.25, -0.2) is 9.59 Å². The fraction of sp³-hybridized carbons (Fsp3) is 0.222. The molecule has 0 aliphatic heterocycles. The number of nitrogens with zero attached hydrogens (tertiary/aromatic N) is 1. The van der Waals surface area contributed by atoms with Crippen molar-refractivity contribution in [2.75, 3.05) is 0 Å². The van der Waals surface area contributed by atoms with E-state index in [0.29, 0.717) is 0 Å². The predicted octanol–water partition coefficient (Wildman–Crippen LogP) is -1.21. The average Bonchev–Trinajstić information content (AvgIpc) is 2.28. The zero-order chi connectivity index (χ0) is 12.1. The van der Waals surface area contributed by atoms with E-state index in [4.69, 9.17) is 15.3 Å². The first kappa shape index (κ1) is 12.1. The molecule has 1 rings (SSSR count). The quantitative estimate of drug-likeness (QED) is 0.552. The van der Waals surface area contributed by atoms with E-state index in [2.05, 4.69) is 9.72 Å². The van der Waals surface area contributed by atoms with Crippen LogP contribution in [0.25, 0.3) is 0 Å². The van der Waals surface area contributed by atoms with Crippen molar-refractivity contribution in [1.82, 2.24) is 4.98 Å². The third-order valence-corrected chi connectivity index (χ3v) is 1.65. The first-order valence-corrected chi connectivity index (χ1v) is 4.23. The van der Waals surface area contributed by atoms with Gasteiger partial charge in [-0.2, -0.15) is 0 Å². The standard InChI is InChI=1S/C9H9NO6/c11-6(8(13)14)7(12)9(15)16-5-2-1-3-10-4-5/h1-4,6-7,11-12H,(H,13,14)/t6-,7-/m0/s1. The van der Waals surface area contributed by atoms with Crippen LogP contribution < -0.4 is 4.74 Å². The van der Waals surface area contributed by atoms with E-state index in [1.807, 2.05) is 0 Å². The molecule has 0 bridgehead atoms. The van der Waals surface area contributed by atoms with Crippen LogP contribution in [-0.4, -0.2) is 44.5 Å². The number of ether oxygens (including phenoxy) is 1. The van der Waals surface area contributed by atoms with Crippen molar-refractivity contribution in [2.45, 2.75) is 12.2 Å². The van der Waals surface area contributed by atoms with Gasteiger partial charge in [0.15, 0.2) is 12.2 Å². The third-order valence-electron chi connectivity index (χ3n) is 1.65. The van der Waals surface area contributed by atoms with Crippen LogP contribution in [0.5, 0.6) is 5.75 Å². The third kappa shape index (κ3) is 3.01. The van der Waals surface area contributed by atoms with Gasteiger partial charge in [-0.1, -0.05) is 0 Å². The summed E-state index contributed by atoms with van der Waals surface area (Å²) in [5.74, 6) is -2.93. The molecular formula is C9H9NO6. The summed E-state index contributed by atoms with van der Waals surface area (Å²) < 4.78 is 4.57. The van der Waals surface area contributed by atoms with E-state index in [0.717, 1.165) is 0 Å². The van der Waals surface area contributed by atoms with Crippen molar-refractivity contribution in [3.8, 4) is 5.75 Å². The van der Waals surface area contributed by atoms with Gasteiger partial charge in [0.1, 0.15) is 5.75 Å². The Hall–Kier alpha value is -1.99. The molecule has 0 unspecified atom stereocenters. The van der Waals surface area contributed by atoms with Crippen LogP contribution in [0.1, 0.15) is 0 Å². The summed E-state index contributed by atoms with van der Waals surface area (Å²) in [6, 6.07) is 2.88. The molecule has 0 spiro atoms. The largest absolute Gasteiger partial charge is 0.479 e. The normalized spacial score (nSPS) is 13.9. The van der Waals surface area contributed by atoms with Gasteiger partial charge in [0.2, 0.25) is 0 Å². The van der Waals surface area contributed by atoms with Crippen molar-refractivity contribution in [2.24, 2.45) is 0 Å². The monoisotopic (exact) mass is 227 g/mol. The number of aliphatic hydroxyl groups is 2. The van der Waals surface area contributed by atoms with Crippen LogP contribution in [0.3, 0.4) is 0 Å². The fourth-order valence-electron chi connectivity index (χ4n) is 0.848. The molecule has 86 valence electrons. The zero-order valence-electron chi connectivity index (χ0n) is 7.98. The molecule has 1 aromatic rings. The summed E-state index contributed by atoms with van der Waals surface area (Å²) in [6.45, 7) is 0. The first-order valence-electron chi connectivity index (χ1n) is 4.23. The van der Waals surface area contributed by atoms with E-state index in [1.54, 1.807) is 0 Å². The lowest BCUT2D eigenvalue weighted by atomic mass is 10.2. The number of hydrogen-bond donors (Lipinski definition) is 3. The van der Waals surface area contributed by atoms with Crippen molar-refractivity contribution in [1.29, 1.82) is 0 Å². The fourth-order valence-corrected chi connectivity index (χ4v) is 0.848. The molecule has 0 aliphatic rings. The van der Waals surface area contributed by atoms with Crippen molar-refractivity contribution < 1.29 is 29.6 Å². The van der Waals surface area contributed by atoms with E-state index in [1.165, 1.54) is 24.5 Å². The second kappa shape index (κ2) is 5.19. The number of rotatable bonds is 4. The van der Waals surface area contributed by atoms with Crippen LogP contribution in [-0.2, 0) is 9.59 Å². The number of carbonyl (C=O) groups is 2. The number of hydrogen-bond acceptors (Lipinski definition) is 6. The summed E-state index contributed by atoms with van der Waals surface area (Å²) in [6.07, 6.45) is -1.71. The number of aromatic nitrogens is 1. The van der Waals surface area contributed by atoms with Gasteiger partial charge < -0.3 is 20.1 Å². The smallest absolute Gasteiger partial charge is 0.343 e. The lowest BCUT2D eigenvalue weighted by molar-refractivity contribution is -0.164. The maximum Gasteiger partial charge on any atom is 0.343 e. The topological polar surface area (TPSA) is 117 Å².